The van der Waals surface area contributed by atoms with Gasteiger partial charge in [0.15, 0.2) is 12.4 Å². The molecule has 15 heavy (non-hydrogen) atoms. The minimum absolute atomic E-state index is 0.830. The maximum atomic E-state index is 11.1. The van der Waals surface area contributed by atoms with E-state index >= 15 is 0 Å². The van der Waals surface area contributed by atoms with Gasteiger partial charge in [-0.05, 0) is 16.8 Å². The number of hydrogen-bond donors (Lipinski definition) is 0. The molecule has 0 saturated carbocycles. The zero-order chi connectivity index (χ0) is 10.3. The van der Waals surface area contributed by atoms with Crippen molar-refractivity contribution in [2.24, 2.45) is 0 Å². The second kappa shape index (κ2) is 2.95. The van der Waals surface area contributed by atoms with Crippen LogP contribution in [0.5, 0.6) is 0 Å². The van der Waals surface area contributed by atoms with Gasteiger partial charge in [0.2, 0.25) is 0 Å². The third-order valence-electron chi connectivity index (χ3n) is 2.66. The number of pyridine rings is 1. The molecule has 0 saturated heterocycles. The van der Waals surface area contributed by atoms with Crippen LogP contribution < -0.4 is 4.73 Å². The summed E-state index contributed by atoms with van der Waals surface area (Å²) in [5.74, 6) is 0. The molecule has 0 atom stereocenters. The van der Waals surface area contributed by atoms with Gasteiger partial charge in [0.25, 0.3) is 0 Å². The smallest absolute Gasteiger partial charge is 0.188 e. The van der Waals surface area contributed by atoms with Crippen molar-refractivity contribution in [3.63, 3.8) is 0 Å². The first-order valence-corrected chi connectivity index (χ1v) is 4.85. The molecule has 2 heteroatoms. The van der Waals surface area contributed by atoms with Crippen LogP contribution in [-0.2, 0) is 0 Å². The predicted octanol–water partition coefficient (Wildman–Crippen LogP) is 2.63. The summed E-state index contributed by atoms with van der Waals surface area (Å²) in [5, 5.41) is 15.6. The monoisotopic (exact) mass is 195 g/mol. The topological polar surface area (TPSA) is 26.9 Å². The van der Waals surface area contributed by atoms with Crippen LogP contribution in [0.2, 0.25) is 0 Å². The first-order valence-electron chi connectivity index (χ1n) is 4.85. The number of fused-ring (bicyclic) bond motifs is 3. The summed E-state index contributed by atoms with van der Waals surface area (Å²) in [6, 6.07) is 14.1. The van der Waals surface area contributed by atoms with E-state index in [2.05, 4.69) is 12.1 Å². The molecule has 0 N–H and O–H groups in total. The van der Waals surface area contributed by atoms with Crippen LogP contribution in [0.3, 0.4) is 0 Å². The first kappa shape index (κ1) is 8.24. The highest BCUT2D eigenvalue weighted by Gasteiger charge is 2.01. The number of benzene rings is 2. The average molecular weight is 195 g/mol. The van der Waals surface area contributed by atoms with Gasteiger partial charge in [0, 0.05) is 16.8 Å². The molecule has 0 spiro atoms. The summed E-state index contributed by atoms with van der Waals surface area (Å²) >= 11 is 0. The van der Waals surface area contributed by atoms with E-state index in [0.717, 1.165) is 15.5 Å². The van der Waals surface area contributed by atoms with Gasteiger partial charge < -0.3 is 5.21 Å². The molecular formula is C13H9NO. The lowest BCUT2D eigenvalue weighted by atomic mass is 10.0. The van der Waals surface area contributed by atoms with E-state index in [9.17, 15) is 5.21 Å². The fourth-order valence-corrected chi connectivity index (χ4v) is 1.94. The SMILES string of the molecule is [O-][n+]1ccc2c(ccc3ccccc32)c1. The molecule has 2 nitrogen and oxygen atoms in total. The van der Waals surface area contributed by atoms with Gasteiger partial charge in [-0.1, -0.05) is 30.3 Å². The number of rotatable bonds is 0. The van der Waals surface area contributed by atoms with E-state index in [4.69, 9.17) is 0 Å². The molecule has 3 aromatic rings. The zero-order valence-electron chi connectivity index (χ0n) is 8.05. The van der Waals surface area contributed by atoms with Crippen molar-refractivity contribution in [1.29, 1.82) is 0 Å². The van der Waals surface area contributed by atoms with Crippen LogP contribution >= 0.6 is 0 Å². The second-order valence-corrected chi connectivity index (χ2v) is 3.59. The predicted molar refractivity (Wildman–Crippen MR) is 60.4 cm³/mol. The minimum Gasteiger partial charge on any atom is -0.619 e. The molecule has 0 aliphatic rings. The van der Waals surface area contributed by atoms with E-state index < -0.39 is 0 Å². The van der Waals surface area contributed by atoms with Crippen LogP contribution in [0.25, 0.3) is 21.5 Å². The normalized spacial score (nSPS) is 10.9. The Hall–Kier alpha value is -2.09. The molecule has 0 aliphatic heterocycles. The van der Waals surface area contributed by atoms with Crippen LogP contribution in [0.15, 0.2) is 54.9 Å². The number of aromatic nitrogens is 1. The van der Waals surface area contributed by atoms with Crippen molar-refractivity contribution in [2.75, 3.05) is 0 Å². The summed E-state index contributed by atoms with van der Waals surface area (Å²) in [5.41, 5.74) is 0. The molecule has 3 rings (SSSR count). The van der Waals surface area contributed by atoms with Gasteiger partial charge in [-0.2, -0.15) is 4.73 Å². The first-order chi connectivity index (χ1) is 7.34. The lowest BCUT2D eigenvalue weighted by molar-refractivity contribution is -0.603. The second-order valence-electron chi connectivity index (χ2n) is 3.59. The van der Waals surface area contributed by atoms with Gasteiger partial charge in [-0.3, -0.25) is 0 Å². The highest BCUT2D eigenvalue weighted by molar-refractivity contribution is 6.06. The third kappa shape index (κ3) is 1.22. The van der Waals surface area contributed by atoms with Crippen LogP contribution in [0, 0.1) is 5.21 Å². The van der Waals surface area contributed by atoms with Crippen LogP contribution in [-0.4, -0.2) is 0 Å². The van der Waals surface area contributed by atoms with Crippen LogP contribution in [0.4, 0.5) is 0 Å². The highest BCUT2D eigenvalue weighted by Crippen LogP contribution is 2.23. The van der Waals surface area contributed by atoms with E-state index in [1.165, 1.54) is 17.0 Å². The standard InChI is InChI=1S/C13H9NO/c15-14-8-7-13-11(9-14)6-5-10-3-1-2-4-12(10)13/h1-9H. The Balaban J connectivity index is 2.55. The van der Waals surface area contributed by atoms with Crippen molar-refractivity contribution >= 4 is 21.5 Å². The fraction of sp³-hybridized carbons (Fsp3) is 0. The molecular weight excluding hydrogens is 186 g/mol. The largest absolute Gasteiger partial charge is 0.619 e. The summed E-state index contributed by atoms with van der Waals surface area (Å²) in [7, 11) is 0. The molecule has 0 amide bonds. The maximum absolute atomic E-state index is 11.1. The maximum Gasteiger partial charge on any atom is 0.188 e. The summed E-state index contributed by atoms with van der Waals surface area (Å²) < 4.78 is 0.830. The average Bonchev–Trinajstić information content (AvgIpc) is 2.28. The van der Waals surface area contributed by atoms with Crippen molar-refractivity contribution < 1.29 is 4.73 Å². The third-order valence-corrected chi connectivity index (χ3v) is 2.66. The van der Waals surface area contributed by atoms with Crippen molar-refractivity contribution in [3.05, 3.63) is 60.1 Å². The molecule has 0 bridgehead atoms. The summed E-state index contributed by atoms with van der Waals surface area (Å²) in [6.45, 7) is 0. The Kier molecular flexibility index (Phi) is 1.62. The summed E-state index contributed by atoms with van der Waals surface area (Å²) in [6.07, 6.45) is 3.14. The molecule has 0 aliphatic carbocycles. The lowest BCUT2D eigenvalue weighted by Gasteiger charge is -2.03. The van der Waals surface area contributed by atoms with E-state index in [1.54, 1.807) is 6.20 Å². The zero-order valence-corrected chi connectivity index (χ0v) is 8.05. The molecule has 2 aromatic carbocycles. The van der Waals surface area contributed by atoms with Crippen molar-refractivity contribution in [2.45, 2.75) is 0 Å². The van der Waals surface area contributed by atoms with Gasteiger partial charge >= 0.3 is 0 Å². The van der Waals surface area contributed by atoms with E-state index in [-0.39, 0.29) is 0 Å². The van der Waals surface area contributed by atoms with Crippen molar-refractivity contribution in [3.8, 4) is 0 Å². The molecule has 1 aromatic heterocycles. The van der Waals surface area contributed by atoms with Gasteiger partial charge in [0.1, 0.15) is 0 Å². The van der Waals surface area contributed by atoms with Crippen LogP contribution in [0.1, 0.15) is 0 Å². The quantitative estimate of drug-likeness (QED) is 0.308. The van der Waals surface area contributed by atoms with Gasteiger partial charge in [0.05, 0.1) is 0 Å². The van der Waals surface area contributed by atoms with E-state index in [0.29, 0.717) is 0 Å². The molecule has 0 unspecified atom stereocenters. The van der Waals surface area contributed by atoms with Crippen molar-refractivity contribution in [1.82, 2.24) is 0 Å². The van der Waals surface area contributed by atoms with Gasteiger partial charge in [-0.15, -0.1) is 0 Å². The lowest BCUT2D eigenvalue weighted by Crippen LogP contribution is -2.23. The molecule has 0 fully saturated rings. The van der Waals surface area contributed by atoms with Gasteiger partial charge in [-0.25, -0.2) is 0 Å². The fourth-order valence-electron chi connectivity index (χ4n) is 1.94. The Morgan fingerprint density at radius 3 is 2.47 bits per heavy atom. The molecule has 0 radical (unpaired) electrons. The highest BCUT2D eigenvalue weighted by atomic mass is 16.5. The Morgan fingerprint density at radius 2 is 1.53 bits per heavy atom. The molecule has 1 heterocycles. The number of nitrogens with zero attached hydrogens (tertiary/aromatic N) is 1. The Morgan fingerprint density at radius 1 is 0.800 bits per heavy atom. The van der Waals surface area contributed by atoms with E-state index in [1.807, 2.05) is 30.3 Å². The Bertz CT molecular complexity index is 646. The molecule has 72 valence electrons. The summed E-state index contributed by atoms with van der Waals surface area (Å²) in [4.78, 5) is 0. The minimum atomic E-state index is 0.830. The number of hydrogen-bond acceptors (Lipinski definition) is 1. The Labute approximate surface area is 87.0 Å².